The summed E-state index contributed by atoms with van der Waals surface area (Å²) in [6.07, 6.45) is 1.58. The number of aromatic hydroxyl groups is 1. The molecule has 19 heavy (non-hydrogen) atoms. The highest BCUT2D eigenvalue weighted by atomic mass is 35.5. The molecule has 4 nitrogen and oxygen atoms in total. The molecule has 0 aliphatic heterocycles. The maximum Gasteiger partial charge on any atom is 0.255 e. The summed E-state index contributed by atoms with van der Waals surface area (Å²) in [6, 6.07) is 6.42. The first-order chi connectivity index (χ1) is 8.99. The molecule has 0 unspecified atom stereocenters. The molecule has 1 heterocycles. The number of amides is 1. The number of anilines is 1. The Morgan fingerprint density at radius 3 is 2.63 bits per heavy atom. The fourth-order valence-corrected chi connectivity index (χ4v) is 1.91. The number of benzene rings is 1. The van der Waals surface area contributed by atoms with Gasteiger partial charge >= 0.3 is 0 Å². The van der Waals surface area contributed by atoms with E-state index < -0.39 is 0 Å². The molecule has 0 atom stereocenters. The molecule has 0 aliphatic carbocycles. The van der Waals surface area contributed by atoms with Gasteiger partial charge in [0.15, 0.2) is 5.15 Å². The van der Waals surface area contributed by atoms with E-state index >= 15 is 0 Å². The minimum Gasteiger partial charge on any atom is -0.508 e. The monoisotopic (exact) mass is 276 g/mol. The van der Waals surface area contributed by atoms with Gasteiger partial charge in [0.05, 0.1) is 5.69 Å². The van der Waals surface area contributed by atoms with Crippen molar-refractivity contribution < 1.29 is 9.90 Å². The van der Waals surface area contributed by atoms with Crippen molar-refractivity contribution in [1.82, 2.24) is 4.98 Å². The molecule has 0 spiro atoms. The maximum atomic E-state index is 12.1. The van der Waals surface area contributed by atoms with Gasteiger partial charge in [-0.25, -0.2) is 4.98 Å². The van der Waals surface area contributed by atoms with Crippen LogP contribution in [0.5, 0.6) is 5.75 Å². The van der Waals surface area contributed by atoms with E-state index in [1.165, 1.54) is 6.07 Å². The molecule has 0 fully saturated rings. The standard InChI is InChI=1S/C14H13ClN2O2/c1-8-5-6-16-13(15)12(8)17-14(19)10-3-4-11(18)9(2)7-10/h3-7,18H,1-2H3,(H,17,19). The van der Waals surface area contributed by atoms with Crippen LogP contribution < -0.4 is 5.32 Å². The zero-order chi connectivity index (χ0) is 14.0. The van der Waals surface area contributed by atoms with Crippen LogP contribution in [-0.2, 0) is 0 Å². The average molecular weight is 277 g/mol. The van der Waals surface area contributed by atoms with Crippen LogP contribution in [0, 0.1) is 13.8 Å². The third kappa shape index (κ3) is 2.85. The Balaban J connectivity index is 2.28. The Morgan fingerprint density at radius 1 is 1.26 bits per heavy atom. The number of nitrogens with zero attached hydrogens (tertiary/aromatic N) is 1. The number of hydrogen-bond donors (Lipinski definition) is 2. The fourth-order valence-electron chi connectivity index (χ4n) is 1.66. The maximum absolute atomic E-state index is 12.1. The molecule has 2 N–H and O–H groups in total. The number of rotatable bonds is 2. The van der Waals surface area contributed by atoms with Crippen molar-refractivity contribution in [3.63, 3.8) is 0 Å². The van der Waals surface area contributed by atoms with Crippen molar-refractivity contribution in [2.75, 3.05) is 5.32 Å². The molecule has 0 radical (unpaired) electrons. The smallest absolute Gasteiger partial charge is 0.255 e. The van der Waals surface area contributed by atoms with Crippen molar-refractivity contribution in [3.8, 4) is 5.75 Å². The van der Waals surface area contributed by atoms with Gasteiger partial charge < -0.3 is 10.4 Å². The number of aryl methyl sites for hydroxylation is 2. The van der Waals surface area contributed by atoms with Gasteiger partial charge in [0.2, 0.25) is 0 Å². The van der Waals surface area contributed by atoms with Gasteiger partial charge in [-0.1, -0.05) is 11.6 Å². The number of carbonyl (C=O) groups excluding carboxylic acids is 1. The van der Waals surface area contributed by atoms with Gasteiger partial charge in [0.1, 0.15) is 5.75 Å². The lowest BCUT2D eigenvalue weighted by atomic mass is 10.1. The van der Waals surface area contributed by atoms with E-state index in [9.17, 15) is 9.90 Å². The SMILES string of the molecule is Cc1cc(C(=O)Nc2c(C)ccnc2Cl)ccc1O. The van der Waals surface area contributed by atoms with Crippen LogP contribution in [0.2, 0.25) is 5.15 Å². The molecule has 0 saturated heterocycles. The molecule has 0 saturated carbocycles. The lowest BCUT2D eigenvalue weighted by molar-refractivity contribution is 0.102. The number of hydrogen-bond acceptors (Lipinski definition) is 3. The molecule has 5 heteroatoms. The largest absolute Gasteiger partial charge is 0.508 e. The Bertz CT molecular complexity index is 621. The van der Waals surface area contributed by atoms with E-state index in [0.717, 1.165) is 5.56 Å². The summed E-state index contributed by atoms with van der Waals surface area (Å²) in [7, 11) is 0. The summed E-state index contributed by atoms with van der Waals surface area (Å²) in [5.41, 5.74) is 2.43. The van der Waals surface area contributed by atoms with E-state index in [1.807, 2.05) is 6.92 Å². The molecule has 0 aliphatic rings. The minimum absolute atomic E-state index is 0.159. The number of nitrogens with one attached hydrogen (secondary N) is 1. The number of phenols is 1. The van der Waals surface area contributed by atoms with Crippen LogP contribution in [0.15, 0.2) is 30.5 Å². The first kappa shape index (κ1) is 13.4. The van der Waals surface area contributed by atoms with Gasteiger partial charge in [-0.05, 0) is 49.2 Å². The summed E-state index contributed by atoms with van der Waals surface area (Å²) in [5.74, 6) is -0.131. The van der Waals surface area contributed by atoms with Crippen LogP contribution >= 0.6 is 11.6 Å². The first-order valence-electron chi connectivity index (χ1n) is 5.71. The fraction of sp³-hybridized carbons (Fsp3) is 0.143. The van der Waals surface area contributed by atoms with Gasteiger partial charge in [0.25, 0.3) is 5.91 Å². The molecule has 1 amide bonds. The third-order valence-corrected chi connectivity index (χ3v) is 3.10. The molecular weight excluding hydrogens is 264 g/mol. The predicted octanol–water partition coefficient (Wildman–Crippen LogP) is 3.31. The summed E-state index contributed by atoms with van der Waals surface area (Å²) < 4.78 is 0. The molecule has 1 aromatic carbocycles. The lowest BCUT2D eigenvalue weighted by Gasteiger charge is -2.10. The zero-order valence-electron chi connectivity index (χ0n) is 10.6. The van der Waals surface area contributed by atoms with E-state index in [2.05, 4.69) is 10.3 Å². The minimum atomic E-state index is -0.291. The number of carbonyl (C=O) groups is 1. The van der Waals surface area contributed by atoms with E-state index in [-0.39, 0.29) is 16.8 Å². The average Bonchev–Trinajstić information content (AvgIpc) is 2.37. The van der Waals surface area contributed by atoms with Crippen molar-refractivity contribution >= 4 is 23.2 Å². The van der Waals surface area contributed by atoms with Gasteiger partial charge in [-0.2, -0.15) is 0 Å². The highest BCUT2D eigenvalue weighted by molar-refractivity contribution is 6.32. The Morgan fingerprint density at radius 2 is 2.00 bits per heavy atom. The molecule has 1 aromatic heterocycles. The van der Waals surface area contributed by atoms with E-state index in [0.29, 0.717) is 16.8 Å². The Hall–Kier alpha value is -2.07. The van der Waals surface area contributed by atoms with E-state index in [1.54, 1.807) is 31.3 Å². The lowest BCUT2D eigenvalue weighted by Crippen LogP contribution is -2.13. The second kappa shape index (κ2) is 5.28. The number of pyridine rings is 1. The molecular formula is C14H13ClN2O2. The van der Waals surface area contributed by atoms with Crippen molar-refractivity contribution in [2.45, 2.75) is 13.8 Å². The number of phenolic OH excluding ortho intramolecular Hbond substituents is 1. The number of halogens is 1. The summed E-state index contributed by atoms with van der Waals surface area (Å²) in [5, 5.41) is 12.4. The second-order valence-electron chi connectivity index (χ2n) is 4.25. The van der Waals surface area contributed by atoms with Crippen LogP contribution in [0.4, 0.5) is 5.69 Å². The molecule has 2 rings (SSSR count). The third-order valence-electron chi connectivity index (χ3n) is 2.81. The van der Waals surface area contributed by atoms with Crippen LogP contribution in [-0.4, -0.2) is 16.0 Å². The van der Waals surface area contributed by atoms with Gasteiger partial charge in [0, 0.05) is 11.8 Å². The molecule has 0 bridgehead atoms. The van der Waals surface area contributed by atoms with Crippen LogP contribution in [0.3, 0.4) is 0 Å². The Kier molecular flexibility index (Phi) is 3.71. The predicted molar refractivity (Wildman–Crippen MR) is 74.8 cm³/mol. The van der Waals surface area contributed by atoms with Crippen LogP contribution in [0.25, 0.3) is 0 Å². The highest BCUT2D eigenvalue weighted by Crippen LogP contribution is 2.24. The van der Waals surface area contributed by atoms with Gasteiger partial charge in [-0.3, -0.25) is 4.79 Å². The summed E-state index contributed by atoms with van der Waals surface area (Å²) in [6.45, 7) is 3.57. The van der Waals surface area contributed by atoms with Crippen molar-refractivity contribution in [3.05, 3.63) is 52.3 Å². The van der Waals surface area contributed by atoms with Gasteiger partial charge in [-0.15, -0.1) is 0 Å². The highest BCUT2D eigenvalue weighted by Gasteiger charge is 2.12. The second-order valence-corrected chi connectivity index (χ2v) is 4.61. The van der Waals surface area contributed by atoms with E-state index in [4.69, 9.17) is 11.6 Å². The molecule has 98 valence electrons. The van der Waals surface area contributed by atoms with Crippen LogP contribution in [0.1, 0.15) is 21.5 Å². The van der Waals surface area contributed by atoms with Crippen molar-refractivity contribution in [2.24, 2.45) is 0 Å². The topological polar surface area (TPSA) is 62.2 Å². The quantitative estimate of drug-likeness (QED) is 0.827. The zero-order valence-corrected chi connectivity index (χ0v) is 11.3. The summed E-state index contributed by atoms with van der Waals surface area (Å²) in [4.78, 5) is 16.0. The number of aromatic nitrogens is 1. The summed E-state index contributed by atoms with van der Waals surface area (Å²) >= 11 is 5.95. The Labute approximate surface area is 116 Å². The van der Waals surface area contributed by atoms with Crippen molar-refractivity contribution in [1.29, 1.82) is 0 Å². The molecule has 2 aromatic rings. The normalized spacial score (nSPS) is 10.3. The first-order valence-corrected chi connectivity index (χ1v) is 6.09.